The average molecular weight is 469 g/mol. The number of ether oxygens (including phenoxy) is 2. The standard InChI is InChI=1S/C29H56O4/c1-6-8-10-12-14-16-18-20-22-32-27(30)24-26(3)25-29(4,5)28(31)33-23-21-19-17-15-13-11-9-7-2/h26H,6-25H2,1-5H3. The minimum Gasteiger partial charge on any atom is -0.466 e. The number of esters is 2. The fourth-order valence-electron chi connectivity index (χ4n) is 4.39. The van der Waals surface area contributed by atoms with Crippen molar-refractivity contribution in [3.63, 3.8) is 0 Å². The fraction of sp³-hybridized carbons (Fsp3) is 0.931. The van der Waals surface area contributed by atoms with Gasteiger partial charge in [0.05, 0.1) is 18.6 Å². The number of carbonyl (C=O) groups is 2. The zero-order valence-electron chi connectivity index (χ0n) is 22.9. The Morgan fingerprint density at radius 2 is 1.03 bits per heavy atom. The molecule has 196 valence electrons. The first-order chi connectivity index (χ1) is 15.8. The molecule has 0 aliphatic heterocycles. The molecule has 0 aromatic heterocycles. The van der Waals surface area contributed by atoms with Crippen molar-refractivity contribution < 1.29 is 19.1 Å². The maximum absolute atomic E-state index is 12.5. The van der Waals surface area contributed by atoms with Crippen LogP contribution in [0.3, 0.4) is 0 Å². The van der Waals surface area contributed by atoms with Crippen LogP contribution < -0.4 is 0 Å². The average Bonchev–Trinajstić information content (AvgIpc) is 2.76. The van der Waals surface area contributed by atoms with E-state index in [1.165, 1.54) is 77.0 Å². The van der Waals surface area contributed by atoms with Crippen LogP contribution in [0, 0.1) is 11.3 Å². The normalized spacial score (nSPS) is 12.5. The Morgan fingerprint density at radius 1 is 0.636 bits per heavy atom. The molecule has 0 N–H and O–H groups in total. The highest BCUT2D eigenvalue weighted by Gasteiger charge is 2.32. The SMILES string of the molecule is CCCCCCCCCCOC(=O)CC(C)CC(C)(C)C(=O)OCCCCCCCCCC. The van der Waals surface area contributed by atoms with Crippen LogP contribution >= 0.6 is 0 Å². The highest BCUT2D eigenvalue weighted by atomic mass is 16.5. The van der Waals surface area contributed by atoms with Gasteiger partial charge < -0.3 is 9.47 Å². The predicted molar refractivity (Wildman–Crippen MR) is 139 cm³/mol. The van der Waals surface area contributed by atoms with E-state index in [0.717, 1.165) is 25.7 Å². The lowest BCUT2D eigenvalue weighted by Crippen LogP contribution is -2.29. The lowest BCUT2D eigenvalue weighted by Gasteiger charge is -2.25. The van der Waals surface area contributed by atoms with Crippen LogP contribution in [-0.2, 0) is 19.1 Å². The third-order valence-corrected chi connectivity index (χ3v) is 6.42. The zero-order chi connectivity index (χ0) is 24.8. The van der Waals surface area contributed by atoms with Crippen LogP contribution in [0.1, 0.15) is 150 Å². The molecule has 4 heteroatoms. The van der Waals surface area contributed by atoms with Crippen LogP contribution in [-0.4, -0.2) is 25.2 Å². The topological polar surface area (TPSA) is 52.6 Å². The van der Waals surface area contributed by atoms with Gasteiger partial charge >= 0.3 is 11.9 Å². The first kappa shape index (κ1) is 31.9. The minimum atomic E-state index is -0.572. The van der Waals surface area contributed by atoms with E-state index >= 15 is 0 Å². The molecule has 0 fully saturated rings. The Labute approximate surface area is 206 Å². The van der Waals surface area contributed by atoms with Crippen molar-refractivity contribution in [1.82, 2.24) is 0 Å². The first-order valence-corrected chi connectivity index (χ1v) is 14.2. The first-order valence-electron chi connectivity index (χ1n) is 14.2. The van der Waals surface area contributed by atoms with Gasteiger partial charge in [0.1, 0.15) is 0 Å². The molecule has 0 radical (unpaired) electrons. The van der Waals surface area contributed by atoms with E-state index in [0.29, 0.717) is 26.1 Å². The van der Waals surface area contributed by atoms with Crippen molar-refractivity contribution in [2.75, 3.05) is 13.2 Å². The van der Waals surface area contributed by atoms with Gasteiger partial charge in [-0.05, 0) is 39.0 Å². The molecule has 33 heavy (non-hydrogen) atoms. The van der Waals surface area contributed by atoms with Crippen LogP contribution in [0.2, 0.25) is 0 Å². The summed E-state index contributed by atoms with van der Waals surface area (Å²) < 4.78 is 10.9. The number of carbonyl (C=O) groups excluding carboxylic acids is 2. The van der Waals surface area contributed by atoms with Crippen molar-refractivity contribution in [2.45, 2.75) is 150 Å². The quantitative estimate of drug-likeness (QED) is 0.111. The molecule has 0 aromatic carbocycles. The van der Waals surface area contributed by atoms with Gasteiger partial charge in [-0.25, -0.2) is 0 Å². The van der Waals surface area contributed by atoms with Crippen LogP contribution in [0.5, 0.6) is 0 Å². The van der Waals surface area contributed by atoms with Gasteiger partial charge in [-0.2, -0.15) is 0 Å². The molecule has 0 rings (SSSR count). The molecule has 0 heterocycles. The smallest absolute Gasteiger partial charge is 0.311 e. The van der Waals surface area contributed by atoms with E-state index in [9.17, 15) is 9.59 Å². The Morgan fingerprint density at radius 3 is 1.48 bits per heavy atom. The second-order valence-corrected chi connectivity index (χ2v) is 10.7. The second kappa shape index (κ2) is 21.5. The van der Waals surface area contributed by atoms with Gasteiger partial charge in [-0.1, -0.05) is 111 Å². The highest BCUT2D eigenvalue weighted by Crippen LogP contribution is 2.29. The summed E-state index contributed by atoms with van der Waals surface area (Å²) in [5, 5.41) is 0. The van der Waals surface area contributed by atoms with Gasteiger partial charge in [0.15, 0.2) is 0 Å². The predicted octanol–water partition coefficient (Wildman–Crippen LogP) is 8.80. The van der Waals surface area contributed by atoms with Gasteiger partial charge in [0.2, 0.25) is 0 Å². The van der Waals surface area contributed by atoms with Crippen molar-refractivity contribution in [3.8, 4) is 0 Å². The third kappa shape index (κ3) is 20.1. The summed E-state index contributed by atoms with van der Waals surface area (Å²) in [6.07, 6.45) is 20.7. The maximum atomic E-state index is 12.5. The Balaban J connectivity index is 3.81. The lowest BCUT2D eigenvalue weighted by molar-refractivity contribution is -0.156. The third-order valence-electron chi connectivity index (χ3n) is 6.42. The van der Waals surface area contributed by atoms with Gasteiger partial charge in [0.25, 0.3) is 0 Å². The Bertz CT molecular complexity index is 472. The Hall–Kier alpha value is -1.06. The second-order valence-electron chi connectivity index (χ2n) is 10.7. The number of hydrogen-bond acceptors (Lipinski definition) is 4. The molecule has 0 bridgehead atoms. The van der Waals surface area contributed by atoms with E-state index < -0.39 is 5.41 Å². The summed E-state index contributed by atoms with van der Waals surface area (Å²) in [4.78, 5) is 24.6. The summed E-state index contributed by atoms with van der Waals surface area (Å²) in [6, 6.07) is 0. The van der Waals surface area contributed by atoms with E-state index in [4.69, 9.17) is 9.47 Å². The lowest BCUT2D eigenvalue weighted by atomic mass is 9.82. The molecule has 1 unspecified atom stereocenters. The summed E-state index contributed by atoms with van der Waals surface area (Å²) in [6.45, 7) is 11.4. The largest absolute Gasteiger partial charge is 0.466 e. The zero-order valence-corrected chi connectivity index (χ0v) is 22.9. The van der Waals surface area contributed by atoms with E-state index in [-0.39, 0.29) is 17.9 Å². The molecule has 0 aliphatic carbocycles. The van der Waals surface area contributed by atoms with Crippen LogP contribution in [0.25, 0.3) is 0 Å². The van der Waals surface area contributed by atoms with E-state index in [1.54, 1.807) is 0 Å². The summed E-state index contributed by atoms with van der Waals surface area (Å²) in [5.74, 6) is -0.195. The van der Waals surface area contributed by atoms with Crippen molar-refractivity contribution in [1.29, 1.82) is 0 Å². The molecule has 1 atom stereocenters. The molecule has 0 saturated carbocycles. The van der Waals surface area contributed by atoms with E-state index in [2.05, 4.69) is 13.8 Å². The fourth-order valence-corrected chi connectivity index (χ4v) is 4.39. The van der Waals surface area contributed by atoms with Crippen molar-refractivity contribution in [3.05, 3.63) is 0 Å². The Kier molecular flexibility index (Phi) is 20.8. The molecule has 0 aliphatic rings. The number of rotatable bonds is 23. The highest BCUT2D eigenvalue weighted by molar-refractivity contribution is 5.76. The maximum Gasteiger partial charge on any atom is 0.311 e. The molecule has 4 nitrogen and oxygen atoms in total. The van der Waals surface area contributed by atoms with E-state index in [1.807, 2.05) is 20.8 Å². The van der Waals surface area contributed by atoms with Crippen molar-refractivity contribution >= 4 is 11.9 Å². The molecule has 0 saturated heterocycles. The summed E-state index contributed by atoms with van der Waals surface area (Å²) in [5.41, 5.74) is -0.572. The van der Waals surface area contributed by atoms with Crippen LogP contribution in [0.4, 0.5) is 0 Å². The van der Waals surface area contributed by atoms with Crippen LogP contribution in [0.15, 0.2) is 0 Å². The molecule has 0 amide bonds. The molecule has 0 aromatic rings. The van der Waals surface area contributed by atoms with Gasteiger partial charge in [0, 0.05) is 6.42 Å². The van der Waals surface area contributed by atoms with Crippen molar-refractivity contribution in [2.24, 2.45) is 11.3 Å². The molecule has 0 spiro atoms. The molecular formula is C29H56O4. The molecular weight excluding hydrogens is 412 g/mol. The summed E-state index contributed by atoms with van der Waals surface area (Å²) >= 11 is 0. The van der Waals surface area contributed by atoms with Gasteiger partial charge in [-0.3, -0.25) is 9.59 Å². The number of unbranched alkanes of at least 4 members (excludes halogenated alkanes) is 14. The monoisotopic (exact) mass is 468 g/mol. The number of hydrogen-bond donors (Lipinski definition) is 0. The van der Waals surface area contributed by atoms with Gasteiger partial charge in [-0.15, -0.1) is 0 Å². The summed E-state index contributed by atoms with van der Waals surface area (Å²) in [7, 11) is 0. The minimum absolute atomic E-state index is 0.0988.